The standard InChI is InChI=1S/C22H25FN4O2/c23-19-6-2-1-5-18(19)14-21(28)26-12-10-25(11-13-26)20-7-9-27(22(20)29)16-17-4-3-8-24-15-17/h1-6,8,15,20H,7,9-14,16H2. The van der Waals surface area contributed by atoms with E-state index in [-0.39, 0.29) is 30.1 Å². The number of likely N-dealkylation sites (tertiary alicyclic amines) is 1. The third-order valence-corrected chi connectivity index (χ3v) is 5.77. The first-order valence-corrected chi connectivity index (χ1v) is 10.0. The van der Waals surface area contributed by atoms with Crippen molar-refractivity contribution in [3.8, 4) is 0 Å². The second kappa shape index (κ2) is 8.69. The predicted octanol–water partition coefficient (Wildman–Crippen LogP) is 1.71. The van der Waals surface area contributed by atoms with Crippen molar-refractivity contribution in [2.45, 2.75) is 25.4 Å². The summed E-state index contributed by atoms with van der Waals surface area (Å²) in [5.41, 5.74) is 1.46. The number of benzene rings is 1. The molecule has 7 heteroatoms. The highest BCUT2D eigenvalue weighted by molar-refractivity contribution is 5.84. The van der Waals surface area contributed by atoms with Crippen molar-refractivity contribution < 1.29 is 14.0 Å². The maximum Gasteiger partial charge on any atom is 0.240 e. The fourth-order valence-corrected chi connectivity index (χ4v) is 4.13. The fraction of sp³-hybridized carbons (Fsp3) is 0.409. The summed E-state index contributed by atoms with van der Waals surface area (Å²) in [5.74, 6) is -0.254. The highest BCUT2D eigenvalue weighted by Gasteiger charge is 2.37. The van der Waals surface area contributed by atoms with Crippen LogP contribution in [0.1, 0.15) is 17.5 Å². The van der Waals surface area contributed by atoms with E-state index >= 15 is 0 Å². The van der Waals surface area contributed by atoms with Crippen LogP contribution < -0.4 is 0 Å². The number of halogens is 1. The Morgan fingerprint density at radius 3 is 2.59 bits per heavy atom. The summed E-state index contributed by atoms with van der Waals surface area (Å²) in [6.45, 7) is 3.80. The van der Waals surface area contributed by atoms with Gasteiger partial charge in [-0.15, -0.1) is 0 Å². The predicted molar refractivity (Wildman–Crippen MR) is 106 cm³/mol. The number of aromatic nitrogens is 1. The van der Waals surface area contributed by atoms with Gasteiger partial charge in [0.15, 0.2) is 0 Å². The summed E-state index contributed by atoms with van der Waals surface area (Å²) in [6.07, 6.45) is 4.40. The van der Waals surface area contributed by atoms with Crippen molar-refractivity contribution in [1.82, 2.24) is 19.7 Å². The van der Waals surface area contributed by atoms with Crippen LogP contribution in [-0.2, 0) is 22.6 Å². The molecule has 1 aromatic heterocycles. The Hall–Kier alpha value is -2.80. The molecule has 29 heavy (non-hydrogen) atoms. The minimum Gasteiger partial charge on any atom is -0.340 e. The molecule has 2 saturated heterocycles. The number of hydrogen-bond donors (Lipinski definition) is 0. The number of hydrogen-bond acceptors (Lipinski definition) is 4. The summed E-state index contributed by atoms with van der Waals surface area (Å²) in [4.78, 5) is 35.3. The van der Waals surface area contributed by atoms with E-state index in [9.17, 15) is 14.0 Å². The number of carbonyl (C=O) groups is 2. The number of carbonyl (C=O) groups excluding carboxylic acids is 2. The van der Waals surface area contributed by atoms with E-state index < -0.39 is 0 Å². The SMILES string of the molecule is O=C(Cc1ccccc1F)N1CCN(C2CCN(Cc3cccnc3)C2=O)CC1. The Labute approximate surface area is 169 Å². The van der Waals surface area contributed by atoms with Gasteiger partial charge in [0.2, 0.25) is 11.8 Å². The first-order chi connectivity index (χ1) is 14.1. The quantitative estimate of drug-likeness (QED) is 0.772. The Morgan fingerprint density at radius 2 is 1.86 bits per heavy atom. The van der Waals surface area contributed by atoms with Crippen LogP contribution in [0.25, 0.3) is 0 Å². The third-order valence-electron chi connectivity index (χ3n) is 5.77. The average molecular weight is 396 g/mol. The zero-order valence-corrected chi connectivity index (χ0v) is 16.3. The van der Waals surface area contributed by atoms with Gasteiger partial charge in [0.25, 0.3) is 0 Å². The Kier molecular flexibility index (Phi) is 5.85. The molecule has 2 fully saturated rings. The molecule has 0 spiro atoms. The lowest BCUT2D eigenvalue weighted by Crippen LogP contribution is -2.54. The van der Waals surface area contributed by atoms with Crippen molar-refractivity contribution in [3.63, 3.8) is 0 Å². The van der Waals surface area contributed by atoms with E-state index in [2.05, 4.69) is 9.88 Å². The molecule has 3 heterocycles. The molecule has 2 aliphatic rings. The van der Waals surface area contributed by atoms with E-state index in [0.717, 1.165) is 18.5 Å². The summed E-state index contributed by atoms with van der Waals surface area (Å²) in [6, 6.07) is 10.1. The van der Waals surface area contributed by atoms with Crippen LogP contribution in [0.4, 0.5) is 4.39 Å². The largest absolute Gasteiger partial charge is 0.340 e. The number of nitrogens with zero attached hydrogens (tertiary/aromatic N) is 4. The summed E-state index contributed by atoms with van der Waals surface area (Å²) >= 11 is 0. The Bertz CT molecular complexity index is 868. The number of pyridine rings is 1. The van der Waals surface area contributed by atoms with Crippen molar-refractivity contribution in [3.05, 3.63) is 65.7 Å². The average Bonchev–Trinajstić information content (AvgIpc) is 3.11. The molecule has 1 atom stereocenters. The van der Waals surface area contributed by atoms with Gasteiger partial charge in [0.05, 0.1) is 12.5 Å². The van der Waals surface area contributed by atoms with Crippen molar-refractivity contribution in [2.75, 3.05) is 32.7 Å². The van der Waals surface area contributed by atoms with Gasteiger partial charge < -0.3 is 9.80 Å². The van der Waals surface area contributed by atoms with Crippen LogP contribution in [0.2, 0.25) is 0 Å². The van der Waals surface area contributed by atoms with Crippen LogP contribution in [0, 0.1) is 5.82 Å². The molecule has 0 saturated carbocycles. The zero-order valence-electron chi connectivity index (χ0n) is 16.3. The Morgan fingerprint density at radius 1 is 1.07 bits per heavy atom. The topological polar surface area (TPSA) is 56.8 Å². The van der Waals surface area contributed by atoms with Gasteiger partial charge >= 0.3 is 0 Å². The molecule has 4 rings (SSSR count). The molecule has 0 aliphatic carbocycles. The molecule has 1 aromatic carbocycles. The van der Waals surface area contributed by atoms with E-state index in [0.29, 0.717) is 38.3 Å². The van der Waals surface area contributed by atoms with Crippen molar-refractivity contribution in [1.29, 1.82) is 0 Å². The van der Waals surface area contributed by atoms with Gasteiger partial charge in [-0.1, -0.05) is 24.3 Å². The second-order valence-electron chi connectivity index (χ2n) is 7.61. The molecule has 1 unspecified atom stereocenters. The first kappa shape index (κ1) is 19.5. The third kappa shape index (κ3) is 4.45. The van der Waals surface area contributed by atoms with Crippen molar-refractivity contribution >= 4 is 11.8 Å². The maximum atomic E-state index is 13.8. The fourth-order valence-electron chi connectivity index (χ4n) is 4.13. The van der Waals surface area contributed by atoms with Crippen LogP contribution in [0.15, 0.2) is 48.8 Å². The summed E-state index contributed by atoms with van der Waals surface area (Å²) < 4.78 is 13.8. The normalized spacial score (nSPS) is 20.3. The number of amides is 2. The molecular formula is C22H25FN4O2. The van der Waals surface area contributed by atoms with Crippen LogP contribution >= 0.6 is 0 Å². The lowest BCUT2D eigenvalue weighted by molar-refractivity contribution is -0.135. The zero-order chi connectivity index (χ0) is 20.2. The molecule has 2 aliphatic heterocycles. The summed E-state index contributed by atoms with van der Waals surface area (Å²) in [5, 5.41) is 0. The lowest BCUT2D eigenvalue weighted by Gasteiger charge is -2.37. The van der Waals surface area contributed by atoms with Gasteiger partial charge in [-0.25, -0.2) is 4.39 Å². The molecule has 2 amide bonds. The monoisotopic (exact) mass is 396 g/mol. The lowest BCUT2D eigenvalue weighted by atomic mass is 10.1. The highest BCUT2D eigenvalue weighted by Crippen LogP contribution is 2.21. The second-order valence-corrected chi connectivity index (χ2v) is 7.61. The molecule has 152 valence electrons. The van der Waals surface area contributed by atoms with Gasteiger partial charge in [-0.2, -0.15) is 0 Å². The van der Waals surface area contributed by atoms with Gasteiger partial charge in [-0.05, 0) is 29.7 Å². The molecule has 0 bridgehead atoms. The Balaban J connectivity index is 1.29. The van der Waals surface area contributed by atoms with E-state index in [1.807, 2.05) is 17.0 Å². The maximum absolute atomic E-state index is 13.8. The molecule has 0 radical (unpaired) electrons. The van der Waals surface area contributed by atoms with E-state index in [4.69, 9.17) is 0 Å². The molecule has 6 nitrogen and oxygen atoms in total. The highest BCUT2D eigenvalue weighted by atomic mass is 19.1. The smallest absolute Gasteiger partial charge is 0.240 e. The van der Waals surface area contributed by atoms with Crippen LogP contribution in [0.3, 0.4) is 0 Å². The number of rotatable bonds is 5. The molecular weight excluding hydrogens is 371 g/mol. The van der Waals surface area contributed by atoms with E-state index in [1.54, 1.807) is 35.5 Å². The molecule has 2 aromatic rings. The minimum absolute atomic E-state index is 0.0642. The van der Waals surface area contributed by atoms with Gasteiger partial charge in [-0.3, -0.25) is 19.5 Å². The van der Waals surface area contributed by atoms with E-state index in [1.165, 1.54) is 6.07 Å². The molecule has 0 N–H and O–H groups in total. The summed E-state index contributed by atoms with van der Waals surface area (Å²) in [7, 11) is 0. The first-order valence-electron chi connectivity index (χ1n) is 10.0. The van der Waals surface area contributed by atoms with Gasteiger partial charge in [0, 0.05) is 51.7 Å². The number of piperazine rings is 1. The van der Waals surface area contributed by atoms with Crippen LogP contribution in [-0.4, -0.2) is 70.3 Å². The van der Waals surface area contributed by atoms with Crippen LogP contribution in [0.5, 0.6) is 0 Å². The van der Waals surface area contributed by atoms with Crippen molar-refractivity contribution in [2.24, 2.45) is 0 Å². The van der Waals surface area contributed by atoms with Gasteiger partial charge in [0.1, 0.15) is 5.82 Å². The minimum atomic E-state index is -0.343.